The summed E-state index contributed by atoms with van der Waals surface area (Å²) >= 11 is 8.08. The molecule has 22 heavy (non-hydrogen) atoms. The van der Waals surface area contributed by atoms with Gasteiger partial charge in [-0.25, -0.2) is 0 Å². The molecule has 0 fully saturated rings. The van der Waals surface area contributed by atoms with Crippen LogP contribution in [-0.2, 0) is 17.6 Å². The largest absolute Gasteiger partial charge is 0.265 e. The Hall–Kier alpha value is -1.43. The van der Waals surface area contributed by atoms with Crippen LogP contribution in [0.1, 0.15) is 19.4 Å². The van der Waals surface area contributed by atoms with Gasteiger partial charge in [0.05, 0.1) is 10.7 Å². The monoisotopic (exact) mass is 335 g/mol. The Balaban J connectivity index is 1.85. The molecule has 116 valence electrons. The zero-order valence-electron chi connectivity index (χ0n) is 12.8. The molecule has 1 aromatic heterocycles. The fourth-order valence-corrected chi connectivity index (χ4v) is 3.60. The van der Waals surface area contributed by atoms with Crippen molar-refractivity contribution in [2.24, 2.45) is 7.05 Å². The molecule has 1 aliphatic heterocycles. The van der Waals surface area contributed by atoms with E-state index in [4.69, 9.17) is 16.4 Å². The number of aromatic nitrogens is 2. The summed E-state index contributed by atoms with van der Waals surface area (Å²) in [5.41, 5.74) is 5.72. The van der Waals surface area contributed by atoms with Crippen molar-refractivity contribution in [3.63, 3.8) is 0 Å². The highest BCUT2D eigenvalue weighted by molar-refractivity contribution is 8.02. The van der Waals surface area contributed by atoms with Crippen LogP contribution >= 0.6 is 23.4 Å². The van der Waals surface area contributed by atoms with E-state index in [0.717, 1.165) is 27.6 Å². The first kappa shape index (κ1) is 15.5. The van der Waals surface area contributed by atoms with Crippen LogP contribution in [0.25, 0.3) is 11.3 Å². The summed E-state index contributed by atoms with van der Waals surface area (Å²) in [5.74, 6) is 0.731. The van der Waals surface area contributed by atoms with Crippen molar-refractivity contribution in [2.45, 2.75) is 25.2 Å². The zero-order chi connectivity index (χ0) is 15.7. The average molecular weight is 336 g/mol. The van der Waals surface area contributed by atoms with Crippen LogP contribution in [0.5, 0.6) is 0 Å². The van der Waals surface area contributed by atoms with E-state index in [1.807, 2.05) is 51.2 Å². The highest BCUT2D eigenvalue weighted by atomic mass is 35.5. The molecule has 6 heteroatoms. The number of aryl methyl sites for hydroxylation is 1. The first-order valence-corrected chi connectivity index (χ1v) is 8.39. The molecule has 0 unspecified atom stereocenters. The van der Waals surface area contributed by atoms with Crippen molar-refractivity contribution in [2.75, 3.05) is 0 Å². The normalized spacial score (nSPS) is 16.5. The minimum Gasteiger partial charge on any atom is -0.265 e. The maximum atomic E-state index is 6.42. The van der Waals surface area contributed by atoms with E-state index in [-0.39, 0.29) is 5.60 Å². The molecule has 1 aliphatic rings. The van der Waals surface area contributed by atoms with Gasteiger partial charge in [-0.3, -0.25) is 15.0 Å². The number of halogens is 1. The van der Waals surface area contributed by atoms with Gasteiger partial charge in [-0.1, -0.05) is 41.9 Å². The smallest absolute Gasteiger partial charge is 0.131 e. The fourth-order valence-electron chi connectivity index (χ4n) is 2.28. The molecule has 0 aliphatic carbocycles. The molecule has 1 aromatic carbocycles. The third-order valence-electron chi connectivity index (χ3n) is 3.38. The average Bonchev–Trinajstić information content (AvgIpc) is 2.98. The van der Waals surface area contributed by atoms with E-state index in [0.29, 0.717) is 5.15 Å². The Morgan fingerprint density at radius 1 is 1.32 bits per heavy atom. The van der Waals surface area contributed by atoms with Gasteiger partial charge in [0.25, 0.3) is 0 Å². The second-order valence-electron chi connectivity index (χ2n) is 5.71. The molecular formula is C16H18ClN3OS. The summed E-state index contributed by atoms with van der Waals surface area (Å²) in [7, 11) is 1.86. The van der Waals surface area contributed by atoms with Gasteiger partial charge in [0.15, 0.2) is 0 Å². The number of nitrogens with one attached hydrogen (secondary N) is 1. The lowest BCUT2D eigenvalue weighted by Crippen LogP contribution is -2.20. The van der Waals surface area contributed by atoms with E-state index < -0.39 is 0 Å². The predicted octanol–water partition coefficient (Wildman–Crippen LogP) is 4.13. The highest BCUT2D eigenvalue weighted by Gasteiger charge is 2.25. The van der Waals surface area contributed by atoms with Crippen LogP contribution in [0.4, 0.5) is 0 Å². The Kier molecular flexibility index (Phi) is 4.21. The molecule has 0 saturated heterocycles. The first-order valence-electron chi connectivity index (χ1n) is 7.03. The Morgan fingerprint density at radius 2 is 2.05 bits per heavy atom. The van der Waals surface area contributed by atoms with Crippen LogP contribution in [-0.4, -0.2) is 15.4 Å². The van der Waals surface area contributed by atoms with Gasteiger partial charge in [-0.2, -0.15) is 5.10 Å². The van der Waals surface area contributed by atoms with Gasteiger partial charge < -0.3 is 0 Å². The van der Waals surface area contributed by atoms with E-state index in [2.05, 4.69) is 16.7 Å². The van der Waals surface area contributed by atoms with Gasteiger partial charge in [0, 0.05) is 23.9 Å². The van der Waals surface area contributed by atoms with Crippen LogP contribution in [0.2, 0.25) is 5.15 Å². The van der Waals surface area contributed by atoms with E-state index in [9.17, 15) is 0 Å². The first-order chi connectivity index (χ1) is 10.5. The molecule has 0 spiro atoms. The Morgan fingerprint density at radius 3 is 2.68 bits per heavy atom. The zero-order valence-corrected chi connectivity index (χ0v) is 14.3. The maximum Gasteiger partial charge on any atom is 0.131 e. The number of hydroxylamine groups is 1. The van der Waals surface area contributed by atoms with Crippen molar-refractivity contribution in [1.29, 1.82) is 0 Å². The van der Waals surface area contributed by atoms with Crippen molar-refractivity contribution in [3.8, 4) is 11.3 Å². The molecule has 0 bridgehead atoms. The minimum absolute atomic E-state index is 0.274. The molecule has 4 nitrogen and oxygen atoms in total. The maximum absolute atomic E-state index is 6.42. The molecule has 1 N–H and O–H groups in total. The van der Waals surface area contributed by atoms with Gasteiger partial charge in [-0.05, 0) is 19.9 Å². The molecule has 0 atom stereocenters. The molecule has 0 radical (unpaired) electrons. The number of thioether (sulfide) groups is 1. The molecule has 3 rings (SSSR count). The lowest BCUT2D eigenvalue weighted by atomic mass is 10.1. The summed E-state index contributed by atoms with van der Waals surface area (Å²) in [6.45, 7) is 4.03. The van der Waals surface area contributed by atoms with Gasteiger partial charge in [-0.15, -0.1) is 11.8 Å². The molecular weight excluding hydrogens is 318 g/mol. The standard InChI is InChI=1S/C16H18ClN3OS/c1-16(2)9-13(19-21-16)22-10-12-14(18-20(3)15(12)17)11-7-5-4-6-8-11/h4-9,19H,10H2,1-3H3. The third-order valence-corrected chi connectivity index (χ3v) is 4.80. The topological polar surface area (TPSA) is 39.1 Å². The van der Waals surface area contributed by atoms with Crippen LogP contribution in [0.3, 0.4) is 0 Å². The Labute approximate surface area is 139 Å². The highest BCUT2D eigenvalue weighted by Crippen LogP contribution is 2.34. The number of hydrogen-bond donors (Lipinski definition) is 1. The van der Waals surface area contributed by atoms with Gasteiger partial charge in [0.2, 0.25) is 0 Å². The van der Waals surface area contributed by atoms with Crippen LogP contribution in [0.15, 0.2) is 41.4 Å². The van der Waals surface area contributed by atoms with Crippen LogP contribution < -0.4 is 5.48 Å². The van der Waals surface area contributed by atoms with Crippen molar-refractivity contribution >= 4 is 23.4 Å². The van der Waals surface area contributed by atoms with Gasteiger partial charge >= 0.3 is 0 Å². The predicted molar refractivity (Wildman–Crippen MR) is 91.3 cm³/mol. The summed E-state index contributed by atoms with van der Waals surface area (Å²) < 4.78 is 1.72. The molecule has 0 amide bonds. The molecule has 2 heterocycles. The summed E-state index contributed by atoms with van der Waals surface area (Å²) in [6, 6.07) is 10.1. The SMILES string of the molecule is Cn1nc(-c2ccccc2)c(CSC2=CC(C)(C)ON2)c1Cl. The lowest BCUT2D eigenvalue weighted by Gasteiger charge is -2.11. The second-order valence-corrected chi connectivity index (χ2v) is 7.09. The van der Waals surface area contributed by atoms with E-state index in [1.165, 1.54) is 0 Å². The minimum atomic E-state index is -0.274. The van der Waals surface area contributed by atoms with E-state index in [1.54, 1.807) is 16.4 Å². The van der Waals surface area contributed by atoms with Crippen molar-refractivity contribution < 1.29 is 4.84 Å². The van der Waals surface area contributed by atoms with Crippen molar-refractivity contribution in [1.82, 2.24) is 15.3 Å². The number of hydrogen-bond acceptors (Lipinski definition) is 4. The third kappa shape index (κ3) is 3.16. The fraction of sp³-hybridized carbons (Fsp3) is 0.312. The molecule has 0 saturated carbocycles. The van der Waals surface area contributed by atoms with Gasteiger partial charge in [0.1, 0.15) is 10.8 Å². The summed E-state index contributed by atoms with van der Waals surface area (Å²) in [6.07, 6.45) is 2.07. The Bertz CT molecular complexity index is 710. The quantitative estimate of drug-likeness (QED) is 0.912. The van der Waals surface area contributed by atoms with E-state index >= 15 is 0 Å². The number of rotatable bonds is 4. The lowest BCUT2D eigenvalue weighted by molar-refractivity contribution is -0.0126. The summed E-state index contributed by atoms with van der Waals surface area (Å²) in [5, 5.41) is 6.23. The molecule has 2 aromatic rings. The second kappa shape index (κ2) is 5.99. The number of benzene rings is 1. The van der Waals surface area contributed by atoms with Crippen molar-refractivity contribution in [3.05, 3.63) is 52.2 Å². The van der Waals surface area contributed by atoms with Crippen LogP contribution in [0, 0.1) is 0 Å². The number of nitrogens with zero attached hydrogens (tertiary/aromatic N) is 2. The summed E-state index contributed by atoms with van der Waals surface area (Å²) in [4.78, 5) is 5.47.